The average molecular weight is 559 g/mol. The zero-order valence-electron chi connectivity index (χ0n) is 23.0. The second-order valence-corrected chi connectivity index (χ2v) is 10.5. The quantitative estimate of drug-likeness (QED) is 0.271. The number of nitrogens with zero attached hydrogens (tertiary/aromatic N) is 3. The molecular formula is C31H32F2N6O2. The second kappa shape index (κ2) is 12.3. The van der Waals surface area contributed by atoms with Gasteiger partial charge in [0.15, 0.2) is 0 Å². The molecule has 1 heterocycles. The molecule has 0 bridgehead atoms. The third-order valence-electron chi connectivity index (χ3n) is 7.22. The molecule has 212 valence electrons. The van der Waals surface area contributed by atoms with Crippen molar-refractivity contribution in [3.8, 4) is 0 Å². The van der Waals surface area contributed by atoms with Crippen molar-refractivity contribution in [1.29, 1.82) is 0 Å². The first-order valence-electron chi connectivity index (χ1n) is 13.6. The fourth-order valence-electron chi connectivity index (χ4n) is 5.16. The van der Waals surface area contributed by atoms with Crippen LogP contribution in [0.2, 0.25) is 0 Å². The minimum Gasteiger partial charge on any atom is -0.362 e. The molecule has 5 rings (SSSR count). The van der Waals surface area contributed by atoms with Gasteiger partial charge in [0.2, 0.25) is 11.9 Å². The summed E-state index contributed by atoms with van der Waals surface area (Å²) in [5, 5.41) is 10.0. The first-order chi connectivity index (χ1) is 19.8. The summed E-state index contributed by atoms with van der Waals surface area (Å²) < 4.78 is 27.2. The van der Waals surface area contributed by atoms with Gasteiger partial charge in [-0.25, -0.2) is 13.8 Å². The first-order valence-corrected chi connectivity index (χ1v) is 13.6. The number of aromatic nitrogens is 2. The van der Waals surface area contributed by atoms with E-state index in [2.05, 4.69) is 16.0 Å². The third-order valence-corrected chi connectivity index (χ3v) is 7.22. The van der Waals surface area contributed by atoms with Crippen LogP contribution in [0.25, 0.3) is 10.9 Å². The Kier molecular flexibility index (Phi) is 8.37. The highest BCUT2D eigenvalue weighted by Crippen LogP contribution is 2.26. The molecule has 3 aromatic carbocycles. The smallest absolute Gasteiger partial charge is 0.256 e. The number of carbonyl (C=O) groups is 2. The number of rotatable bonds is 8. The summed E-state index contributed by atoms with van der Waals surface area (Å²) in [6, 6.07) is 17.8. The van der Waals surface area contributed by atoms with E-state index in [0.717, 1.165) is 54.5 Å². The Hall–Kier alpha value is -4.60. The minimum atomic E-state index is -0.871. The van der Waals surface area contributed by atoms with Gasteiger partial charge in [-0.15, -0.1) is 0 Å². The van der Waals surface area contributed by atoms with Crippen molar-refractivity contribution in [1.82, 2.24) is 15.3 Å². The largest absolute Gasteiger partial charge is 0.362 e. The van der Waals surface area contributed by atoms with Crippen LogP contribution in [0, 0.1) is 11.6 Å². The number of fused-ring (bicyclic) bond motifs is 1. The number of amides is 2. The number of para-hydroxylation sites is 1. The summed E-state index contributed by atoms with van der Waals surface area (Å²) in [4.78, 5) is 37.2. The fourth-order valence-corrected chi connectivity index (χ4v) is 5.16. The third kappa shape index (κ3) is 6.77. The molecule has 0 radical (unpaired) electrons. The summed E-state index contributed by atoms with van der Waals surface area (Å²) in [6.45, 7) is 0. The molecule has 1 aliphatic rings. The van der Waals surface area contributed by atoms with Crippen molar-refractivity contribution in [3.05, 3.63) is 89.5 Å². The maximum absolute atomic E-state index is 14.0. The normalized spacial score (nSPS) is 16.7. The highest BCUT2D eigenvalue weighted by atomic mass is 19.1. The van der Waals surface area contributed by atoms with Crippen LogP contribution in [-0.4, -0.2) is 48.0 Å². The summed E-state index contributed by atoms with van der Waals surface area (Å²) in [5.41, 5.74) is 1.52. The van der Waals surface area contributed by atoms with Crippen molar-refractivity contribution >= 4 is 40.2 Å². The van der Waals surface area contributed by atoms with E-state index in [1.165, 1.54) is 0 Å². The lowest BCUT2D eigenvalue weighted by Crippen LogP contribution is -2.41. The zero-order chi connectivity index (χ0) is 28.9. The second-order valence-electron chi connectivity index (χ2n) is 10.5. The molecule has 0 atom stereocenters. The first kappa shape index (κ1) is 27.9. The van der Waals surface area contributed by atoms with Gasteiger partial charge < -0.3 is 20.9 Å². The van der Waals surface area contributed by atoms with Crippen LogP contribution in [0.1, 0.15) is 41.6 Å². The highest BCUT2D eigenvalue weighted by molar-refractivity contribution is 6.06. The van der Waals surface area contributed by atoms with Gasteiger partial charge in [-0.2, -0.15) is 4.98 Å². The Morgan fingerprint density at radius 1 is 0.902 bits per heavy atom. The predicted octanol–water partition coefficient (Wildman–Crippen LogP) is 5.31. The van der Waals surface area contributed by atoms with Crippen LogP contribution >= 0.6 is 0 Å². The lowest BCUT2D eigenvalue weighted by Gasteiger charge is -2.30. The van der Waals surface area contributed by atoms with Crippen molar-refractivity contribution in [2.45, 2.75) is 44.2 Å². The Morgan fingerprint density at radius 2 is 1.61 bits per heavy atom. The Bertz CT molecular complexity index is 1570. The van der Waals surface area contributed by atoms with Crippen LogP contribution in [0.5, 0.6) is 0 Å². The van der Waals surface area contributed by atoms with Gasteiger partial charge in [0.05, 0.1) is 17.6 Å². The minimum absolute atomic E-state index is 0.00587. The van der Waals surface area contributed by atoms with E-state index in [4.69, 9.17) is 9.97 Å². The van der Waals surface area contributed by atoms with Crippen molar-refractivity contribution < 1.29 is 18.4 Å². The molecule has 1 aromatic heterocycles. The SMILES string of the molecule is CN(C)c1nc(N[C@H]2CC[C@@H](NC(=O)Cc3ccccc3C(=O)Nc3ccc(F)cc3F)CC2)nc2ccccc12. The maximum atomic E-state index is 14.0. The molecule has 0 unspecified atom stereocenters. The lowest BCUT2D eigenvalue weighted by molar-refractivity contribution is -0.121. The fraction of sp³-hybridized carbons (Fsp3) is 0.290. The zero-order valence-corrected chi connectivity index (χ0v) is 23.0. The van der Waals surface area contributed by atoms with E-state index < -0.39 is 17.5 Å². The Labute approximate surface area is 237 Å². The van der Waals surface area contributed by atoms with Crippen molar-refractivity contribution in [3.63, 3.8) is 0 Å². The van der Waals surface area contributed by atoms with Crippen LogP contribution in [-0.2, 0) is 11.2 Å². The van der Waals surface area contributed by atoms with Gasteiger partial charge in [0.1, 0.15) is 17.5 Å². The molecule has 1 fully saturated rings. The highest BCUT2D eigenvalue weighted by Gasteiger charge is 2.24. The van der Waals surface area contributed by atoms with E-state index in [9.17, 15) is 18.4 Å². The van der Waals surface area contributed by atoms with E-state index in [0.29, 0.717) is 17.6 Å². The monoisotopic (exact) mass is 558 g/mol. The molecule has 41 heavy (non-hydrogen) atoms. The number of hydrogen-bond donors (Lipinski definition) is 3. The molecule has 2 amide bonds. The molecule has 0 saturated heterocycles. The molecule has 8 nitrogen and oxygen atoms in total. The number of hydrogen-bond acceptors (Lipinski definition) is 6. The number of halogens is 2. The average Bonchev–Trinajstić information content (AvgIpc) is 2.95. The van der Waals surface area contributed by atoms with Crippen LogP contribution in [0.3, 0.4) is 0 Å². The van der Waals surface area contributed by atoms with Crippen LogP contribution < -0.4 is 20.9 Å². The molecule has 3 N–H and O–H groups in total. The van der Waals surface area contributed by atoms with Gasteiger partial charge in [0, 0.05) is 43.2 Å². The van der Waals surface area contributed by atoms with Gasteiger partial charge in [0.25, 0.3) is 5.91 Å². The maximum Gasteiger partial charge on any atom is 0.256 e. The molecule has 4 aromatic rings. The predicted molar refractivity (Wildman–Crippen MR) is 156 cm³/mol. The van der Waals surface area contributed by atoms with Crippen molar-refractivity contribution in [2.75, 3.05) is 29.6 Å². The van der Waals surface area contributed by atoms with Gasteiger partial charge >= 0.3 is 0 Å². The standard InChI is InChI=1S/C31H32F2N6O2/c1-39(2)29-24-9-5-6-10-26(24)37-31(38-29)35-22-14-12-21(13-15-22)34-28(40)17-19-7-3-4-8-23(19)30(41)36-27-16-11-20(32)18-25(27)33/h3-11,16,18,21-22H,12-15,17H2,1-2H3,(H,34,40)(H,36,41)(H,35,37,38)/t21-,22+. The number of nitrogens with one attached hydrogen (secondary N) is 3. The molecule has 0 spiro atoms. The molecule has 1 saturated carbocycles. The van der Waals surface area contributed by atoms with Crippen LogP contribution in [0.15, 0.2) is 66.7 Å². The Balaban J connectivity index is 1.16. The number of carbonyl (C=O) groups excluding carboxylic acids is 2. The molecular weight excluding hydrogens is 526 g/mol. The topological polar surface area (TPSA) is 99.3 Å². The van der Waals surface area contributed by atoms with Crippen molar-refractivity contribution in [2.24, 2.45) is 0 Å². The van der Waals surface area contributed by atoms with E-state index in [-0.39, 0.29) is 35.7 Å². The number of anilines is 3. The van der Waals surface area contributed by atoms with Gasteiger partial charge in [-0.1, -0.05) is 30.3 Å². The van der Waals surface area contributed by atoms with E-state index >= 15 is 0 Å². The molecule has 10 heteroatoms. The number of benzene rings is 3. The lowest BCUT2D eigenvalue weighted by atomic mass is 9.91. The summed E-state index contributed by atoms with van der Waals surface area (Å²) in [7, 11) is 3.92. The van der Waals surface area contributed by atoms with E-state index in [1.807, 2.05) is 43.3 Å². The Morgan fingerprint density at radius 3 is 2.37 bits per heavy atom. The summed E-state index contributed by atoms with van der Waals surface area (Å²) in [6.07, 6.45) is 3.29. The molecule has 0 aliphatic heterocycles. The van der Waals surface area contributed by atoms with Gasteiger partial charge in [-0.05, 0) is 61.6 Å². The van der Waals surface area contributed by atoms with Crippen LogP contribution in [0.4, 0.5) is 26.2 Å². The summed E-state index contributed by atoms with van der Waals surface area (Å²) >= 11 is 0. The van der Waals surface area contributed by atoms with Gasteiger partial charge in [-0.3, -0.25) is 9.59 Å². The molecule has 1 aliphatic carbocycles. The van der Waals surface area contributed by atoms with E-state index in [1.54, 1.807) is 24.3 Å². The summed E-state index contributed by atoms with van der Waals surface area (Å²) in [5.74, 6) is -0.917.